The third kappa shape index (κ3) is 11.6. The highest BCUT2D eigenvalue weighted by Gasteiger charge is 2.38. The normalized spacial score (nSPS) is 18.2. The maximum atomic E-state index is 12.2. The van der Waals surface area contributed by atoms with Crippen molar-refractivity contribution in [1.82, 2.24) is 0 Å². The van der Waals surface area contributed by atoms with E-state index in [4.69, 9.17) is 19.7 Å². The van der Waals surface area contributed by atoms with Crippen LogP contribution in [0.1, 0.15) is 57.9 Å². The van der Waals surface area contributed by atoms with E-state index in [1.165, 1.54) is 0 Å². The molecule has 0 amide bonds. The van der Waals surface area contributed by atoms with Crippen LogP contribution in [0.3, 0.4) is 0 Å². The Morgan fingerprint density at radius 1 is 1.15 bits per heavy atom. The molecule has 180 valence electrons. The highest BCUT2D eigenvalue weighted by atomic mass is 16.5. The summed E-state index contributed by atoms with van der Waals surface area (Å²) in [6.45, 7) is 9.31. The van der Waals surface area contributed by atoms with Crippen LogP contribution in [0, 0.1) is 5.92 Å². The van der Waals surface area contributed by atoms with Crippen molar-refractivity contribution in [2.75, 3.05) is 0 Å². The zero-order valence-corrected chi connectivity index (χ0v) is 19.7. The van der Waals surface area contributed by atoms with Gasteiger partial charge in [-0.3, -0.25) is 9.59 Å². The number of hydrogen-bond acceptors (Lipinski definition) is 5. The van der Waals surface area contributed by atoms with Gasteiger partial charge >= 0.3 is 5.97 Å². The van der Waals surface area contributed by atoms with Gasteiger partial charge < -0.3 is 20.1 Å². The first kappa shape index (κ1) is 29.5. The fraction of sp³-hybridized carbons (Fsp3) is 0.333. The Hall–Kier alpha value is -3.54. The lowest BCUT2D eigenvalue weighted by Gasteiger charge is -2.35. The van der Waals surface area contributed by atoms with E-state index in [9.17, 15) is 9.90 Å². The van der Waals surface area contributed by atoms with Crippen molar-refractivity contribution in [3.63, 3.8) is 0 Å². The predicted molar refractivity (Wildman–Crippen MR) is 132 cm³/mol. The molecule has 0 aromatic heterocycles. The van der Waals surface area contributed by atoms with Gasteiger partial charge in [-0.15, -0.1) is 0 Å². The highest BCUT2D eigenvalue weighted by Crippen LogP contribution is 2.43. The number of phenols is 1. The minimum atomic E-state index is -0.250. The first-order valence-electron chi connectivity index (χ1n) is 11.1. The van der Waals surface area contributed by atoms with Gasteiger partial charge in [0, 0.05) is 6.42 Å². The third-order valence-electron chi connectivity index (χ3n) is 4.76. The molecule has 2 aliphatic rings. The van der Waals surface area contributed by atoms with Crippen molar-refractivity contribution in [2.45, 2.75) is 52.4 Å². The summed E-state index contributed by atoms with van der Waals surface area (Å²) in [5, 5.41) is 25.0. The van der Waals surface area contributed by atoms with E-state index >= 15 is 0 Å². The van der Waals surface area contributed by atoms with Crippen molar-refractivity contribution in [3.05, 3.63) is 90.5 Å². The van der Waals surface area contributed by atoms with Crippen LogP contribution in [0.15, 0.2) is 84.9 Å². The Balaban J connectivity index is 0.000000651. The molecular formula is C27H36O6. The van der Waals surface area contributed by atoms with Crippen LogP contribution >= 0.6 is 0 Å². The molecule has 0 spiro atoms. The van der Waals surface area contributed by atoms with Crippen LogP contribution in [-0.2, 0) is 14.3 Å². The number of carbonyl (C=O) groups excluding carboxylic acids is 1. The molecular weight excluding hydrogens is 420 g/mol. The highest BCUT2D eigenvalue weighted by molar-refractivity contribution is 5.76. The molecule has 1 aromatic carbocycles. The van der Waals surface area contributed by atoms with Crippen LogP contribution < -0.4 is 0 Å². The number of aliphatic hydroxyl groups excluding tert-OH is 1. The Bertz CT molecular complexity index is 828. The average molecular weight is 457 g/mol. The Morgan fingerprint density at radius 2 is 1.79 bits per heavy atom. The van der Waals surface area contributed by atoms with Gasteiger partial charge in [0.25, 0.3) is 6.47 Å². The number of hydrogen-bond donors (Lipinski definition) is 3. The standard InChI is InChI=1S/C17H20O3.C7H8O.C2H6.CH2O2/c1-3-5-14(4-2)20-17(19)16-11-10-15(16)12-6-8-13(18)9-7-12;8-7-5-3-1-2-4-6-7;1-2;2-1-3/h3,5-9,15-16,18H,1,4,10-11H2,2H3;1-3,5-6,8H,4H2;1-2H3;1H,(H,2,3)/b14-5+;;;. The monoisotopic (exact) mass is 456 g/mol. The van der Waals surface area contributed by atoms with Crippen molar-refractivity contribution in [1.29, 1.82) is 0 Å². The number of benzene rings is 1. The van der Waals surface area contributed by atoms with Crippen LogP contribution in [0.2, 0.25) is 0 Å². The molecule has 0 radical (unpaired) electrons. The smallest absolute Gasteiger partial charge is 0.314 e. The van der Waals surface area contributed by atoms with Gasteiger partial charge in [0.1, 0.15) is 17.3 Å². The van der Waals surface area contributed by atoms with Crippen molar-refractivity contribution < 1.29 is 29.6 Å². The van der Waals surface area contributed by atoms with Crippen molar-refractivity contribution in [2.24, 2.45) is 5.92 Å². The molecule has 6 heteroatoms. The molecule has 0 saturated heterocycles. The third-order valence-corrected chi connectivity index (χ3v) is 4.76. The minimum absolute atomic E-state index is 0.0840. The topological polar surface area (TPSA) is 104 Å². The van der Waals surface area contributed by atoms with E-state index in [-0.39, 0.29) is 30.0 Å². The van der Waals surface area contributed by atoms with E-state index in [0.29, 0.717) is 17.9 Å². The average Bonchev–Trinajstić information content (AvgIpc) is 3.04. The van der Waals surface area contributed by atoms with Gasteiger partial charge in [-0.2, -0.15) is 0 Å². The summed E-state index contributed by atoms with van der Waals surface area (Å²) in [5.41, 5.74) is 1.08. The molecule has 2 unspecified atom stereocenters. The lowest BCUT2D eigenvalue weighted by atomic mass is 9.70. The van der Waals surface area contributed by atoms with Gasteiger partial charge in [0.2, 0.25) is 0 Å². The van der Waals surface area contributed by atoms with Crippen molar-refractivity contribution >= 4 is 12.4 Å². The molecule has 1 saturated carbocycles. The van der Waals surface area contributed by atoms with E-state index < -0.39 is 0 Å². The van der Waals surface area contributed by atoms with E-state index in [0.717, 1.165) is 24.8 Å². The first-order chi connectivity index (χ1) is 16.0. The summed E-state index contributed by atoms with van der Waals surface area (Å²) in [7, 11) is 0. The molecule has 3 N–H and O–H groups in total. The number of aromatic hydroxyl groups is 1. The van der Waals surface area contributed by atoms with E-state index in [2.05, 4.69) is 6.58 Å². The molecule has 0 bridgehead atoms. The number of ether oxygens (including phenoxy) is 1. The lowest BCUT2D eigenvalue weighted by molar-refractivity contribution is -0.148. The summed E-state index contributed by atoms with van der Waals surface area (Å²) in [6, 6.07) is 7.07. The van der Waals surface area contributed by atoms with Gasteiger partial charge in [-0.05, 0) is 61.1 Å². The molecule has 1 aromatic rings. The SMILES string of the molecule is C=C/C=C(\CC)OC(=O)C1CCC1c1ccc(O)cc1.CC.O=CO.OC1=CCC=CC=C1. The summed E-state index contributed by atoms with van der Waals surface area (Å²) < 4.78 is 5.42. The maximum absolute atomic E-state index is 12.2. The fourth-order valence-electron chi connectivity index (χ4n) is 3.03. The Kier molecular flexibility index (Phi) is 16.1. The molecule has 0 heterocycles. The number of allylic oxidation sites excluding steroid dienone is 8. The second kappa shape index (κ2) is 18.1. The van der Waals surface area contributed by atoms with E-state index in [1.54, 1.807) is 36.4 Å². The molecule has 1 fully saturated rings. The van der Waals surface area contributed by atoms with Gasteiger partial charge in [0.15, 0.2) is 0 Å². The zero-order chi connectivity index (χ0) is 25.1. The van der Waals surface area contributed by atoms with Gasteiger partial charge in [-0.1, -0.05) is 63.8 Å². The quantitative estimate of drug-likeness (QED) is 0.200. The Morgan fingerprint density at radius 3 is 2.30 bits per heavy atom. The van der Waals surface area contributed by atoms with Gasteiger partial charge in [0.05, 0.1) is 5.92 Å². The van der Waals surface area contributed by atoms with Crippen molar-refractivity contribution in [3.8, 4) is 5.75 Å². The van der Waals surface area contributed by atoms with Crippen LogP contribution in [-0.4, -0.2) is 27.8 Å². The fourth-order valence-corrected chi connectivity index (χ4v) is 3.03. The van der Waals surface area contributed by atoms with Gasteiger partial charge in [-0.25, -0.2) is 0 Å². The molecule has 2 aliphatic carbocycles. The number of phenolic OH excluding ortho intramolecular Hbond substituents is 1. The number of aliphatic hydroxyl groups is 1. The Labute approximate surface area is 196 Å². The lowest BCUT2D eigenvalue weighted by Crippen LogP contribution is -2.32. The zero-order valence-electron chi connectivity index (χ0n) is 19.7. The predicted octanol–water partition coefficient (Wildman–Crippen LogP) is 6.58. The summed E-state index contributed by atoms with van der Waals surface area (Å²) in [5.74, 6) is 1.21. The maximum Gasteiger partial charge on any atom is 0.314 e. The molecule has 6 nitrogen and oxygen atoms in total. The summed E-state index contributed by atoms with van der Waals surface area (Å²) in [6.07, 6.45) is 15.9. The second-order valence-electron chi connectivity index (χ2n) is 6.78. The molecule has 33 heavy (non-hydrogen) atoms. The summed E-state index contributed by atoms with van der Waals surface area (Å²) >= 11 is 0. The first-order valence-corrected chi connectivity index (χ1v) is 11.1. The molecule has 2 atom stereocenters. The van der Waals surface area contributed by atoms with Crippen LogP contribution in [0.5, 0.6) is 5.75 Å². The minimum Gasteiger partial charge on any atom is -0.508 e. The number of rotatable bonds is 5. The largest absolute Gasteiger partial charge is 0.508 e. The number of esters is 1. The van der Waals surface area contributed by atoms with E-state index in [1.807, 2.05) is 51.1 Å². The number of carbonyl (C=O) groups is 2. The summed E-state index contributed by atoms with van der Waals surface area (Å²) in [4.78, 5) is 20.5. The molecule has 3 rings (SSSR count). The van der Waals surface area contributed by atoms with Crippen LogP contribution in [0.4, 0.5) is 0 Å². The second-order valence-corrected chi connectivity index (χ2v) is 6.78. The van der Waals surface area contributed by atoms with Crippen LogP contribution in [0.25, 0.3) is 0 Å². The number of carboxylic acid groups (broad SMARTS) is 1. The molecule has 0 aliphatic heterocycles.